The smallest absolute Gasteiger partial charge is 0.225 e. The molecule has 3 aromatic rings. The molecular formula is C16H16ClN3S. The van der Waals surface area contributed by atoms with E-state index in [2.05, 4.69) is 59.5 Å². The third-order valence-electron chi connectivity index (χ3n) is 3.31. The average Bonchev–Trinajstić information content (AvgIpc) is 2.87. The van der Waals surface area contributed by atoms with Crippen molar-refractivity contribution in [1.29, 1.82) is 0 Å². The predicted octanol–water partition coefficient (Wildman–Crippen LogP) is 4.83. The standard InChI is InChI=1S/C16H16ClN3S/c1-3-12-8-13-14(19-16(17)20-15(13)21-12)18-9-11-6-4-5-10(2)7-11/h4-8H,3,9H2,1-2H3,(H,18,19,20). The maximum Gasteiger partial charge on any atom is 0.225 e. The number of aryl methyl sites for hydroxylation is 2. The predicted molar refractivity (Wildman–Crippen MR) is 90.3 cm³/mol. The molecule has 0 unspecified atom stereocenters. The van der Waals surface area contributed by atoms with E-state index in [0.29, 0.717) is 5.28 Å². The van der Waals surface area contributed by atoms with Crippen LogP contribution in [0.4, 0.5) is 5.82 Å². The Morgan fingerprint density at radius 3 is 2.86 bits per heavy atom. The lowest BCUT2D eigenvalue weighted by Crippen LogP contribution is -2.02. The third kappa shape index (κ3) is 3.17. The molecule has 2 heterocycles. The van der Waals surface area contributed by atoms with Crippen molar-refractivity contribution in [2.45, 2.75) is 26.8 Å². The first-order valence-corrected chi connectivity index (χ1v) is 8.10. The second kappa shape index (κ2) is 6.00. The summed E-state index contributed by atoms with van der Waals surface area (Å²) >= 11 is 7.70. The molecule has 3 nitrogen and oxygen atoms in total. The molecule has 0 saturated carbocycles. The summed E-state index contributed by atoms with van der Waals surface area (Å²) in [4.78, 5) is 10.9. The van der Waals surface area contributed by atoms with Gasteiger partial charge in [0.05, 0.1) is 5.39 Å². The Morgan fingerprint density at radius 1 is 1.24 bits per heavy atom. The van der Waals surface area contributed by atoms with E-state index in [-0.39, 0.29) is 0 Å². The molecule has 0 amide bonds. The zero-order valence-electron chi connectivity index (χ0n) is 12.0. The van der Waals surface area contributed by atoms with Crippen LogP contribution in [0, 0.1) is 6.92 Å². The first kappa shape index (κ1) is 14.3. The van der Waals surface area contributed by atoms with E-state index in [1.54, 1.807) is 11.3 Å². The van der Waals surface area contributed by atoms with Gasteiger partial charge in [0.1, 0.15) is 10.6 Å². The highest BCUT2D eigenvalue weighted by molar-refractivity contribution is 7.18. The highest BCUT2D eigenvalue weighted by Crippen LogP contribution is 2.30. The monoisotopic (exact) mass is 317 g/mol. The topological polar surface area (TPSA) is 37.8 Å². The van der Waals surface area contributed by atoms with Gasteiger partial charge in [-0.2, -0.15) is 0 Å². The quantitative estimate of drug-likeness (QED) is 0.700. The van der Waals surface area contributed by atoms with Gasteiger partial charge in [-0.3, -0.25) is 0 Å². The number of fused-ring (bicyclic) bond motifs is 1. The van der Waals surface area contributed by atoms with E-state index >= 15 is 0 Å². The second-order valence-corrected chi connectivity index (χ2v) is 6.42. The molecule has 2 aromatic heterocycles. The Balaban J connectivity index is 1.90. The summed E-state index contributed by atoms with van der Waals surface area (Å²) in [5.41, 5.74) is 2.48. The molecule has 21 heavy (non-hydrogen) atoms. The van der Waals surface area contributed by atoms with E-state index in [4.69, 9.17) is 11.6 Å². The summed E-state index contributed by atoms with van der Waals surface area (Å²) in [5, 5.41) is 4.72. The Hall–Kier alpha value is -1.65. The van der Waals surface area contributed by atoms with Gasteiger partial charge in [-0.15, -0.1) is 11.3 Å². The summed E-state index contributed by atoms with van der Waals surface area (Å²) < 4.78 is 0. The average molecular weight is 318 g/mol. The molecule has 1 aromatic carbocycles. The summed E-state index contributed by atoms with van der Waals surface area (Å²) in [6.45, 7) is 4.96. The Bertz CT molecular complexity index is 782. The van der Waals surface area contributed by atoms with Gasteiger partial charge in [-0.1, -0.05) is 36.8 Å². The van der Waals surface area contributed by atoms with Crippen LogP contribution in [0.2, 0.25) is 5.28 Å². The maximum atomic E-state index is 6.03. The highest BCUT2D eigenvalue weighted by Gasteiger charge is 2.10. The fourth-order valence-corrected chi connectivity index (χ4v) is 3.45. The van der Waals surface area contributed by atoms with E-state index in [0.717, 1.165) is 29.0 Å². The number of hydrogen-bond acceptors (Lipinski definition) is 4. The van der Waals surface area contributed by atoms with Crippen LogP contribution in [-0.4, -0.2) is 9.97 Å². The summed E-state index contributed by atoms with van der Waals surface area (Å²) in [5.74, 6) is 0.808. The number of aromatic nitrogens is 2. The lowest BCUT2D eigenvalue weighted by molar-refractivity contribution is 1.10. The Morgan fingerprint density at radius 2 is 2.10 bits per heavy atom. The molecule has 0 bridgehead atoms. The molecular weight excluding hydrogens is 302 g/mol. The van der Waals surface area contributed by atoms with Crippen LogP contribution >= 0.6 is 22.9 Å². The zero-order valence-corrected chi connectivity index (χ0v) is 13.6. The number of halogens is 1. The van der Waals surface area contributed by atoms with Crippen LogP contribution in [0.1, 0.15) is 22.9 Å². The van der Waals surface area contributed by atoms with E-state index in [9.17, 15) is 0 Å². The molecule has 0 saturated heterocycles. The van der Waals surface area contributed by atoms with Crippen molar-refractivity contribution in [3.8, 4) is 0 Å². The molecule has 0 fully saturated rings. The minimum absolute atomic E-state index is 0.291. The summed E-state index contributed by atoms with van der Waals surface area (Å²) in [6.07, 6.45) is 0.996. The van der Waals surface area contributed by atoms with Gasteiger partial charge in [0.25, 0.3) is 0 Å². The van der Waals surface area contributed by atoms with Crippen molar-refractivity contribution in [3.63, 3.8) is 0 Å². The van der Waals surface area contributed by atoms with Gasteiger partial charge >= 0.3 is 0 Å². The van der Waals surface area contributed by atoms with Gasteiger partial charge in [-0.25, -0.2) is 9.97 Å². The van der Waals surface area contributed by atoms with Crippen LogP contribution in [0.15, 0.2) is 30.3 Å². The highest BCUT2D eigenvalue weighted by atomic mass is 35.5. The normalized spacial score (nSPS) is 11.0. The second-order valence-electron chi connectivity index (χ2n) is 4.97. The van der Waals surface area contributed by atoms with Crippen LogP contribution in [0.25, 0.3) is 10.2 Å². The first-order chi connectivity index (χ1) is 10.2. The van der Waals surface area contributed by atoms with Gasteiger partial charge < -0.3 is 5.32 Å². The van der Waals surface area contributed by atoms with Crippen molar-refractivity contribution in [1.82, 2.24) is 9.97 Å². The van der Waals surface area contributed by atoms with Crippen LogP contribution in [-0.2, 0) is 13.0 Å². The molecule has 0 aliphatic rings. The minimum Gasteiger partial charge on any atom is -0.365 e. The molecule has 3 rings (SSSR count). The van der Waals surface area contributed by atoms with Crippen molar-refractivity contribution in [2.75, 3.05) is 5.32 Å². The van der Waals surface area contributed by atoms with E-state index < -0.39 is 0 Å². The Labute approximate surface area is 133 Å². The van der Waals surface area contributed by atoms with Crippen LogP contribution < -0.4 is 5.32 Å². The number of anilines is 1. The number of nitrogens with one attached hydrogen (secondary N) is 1. The van der Waals surface area contributed by atoms with Crippen molar-refractivity contribution < 1.29 is 0 Å². The first-order valence-electron chi connectivity index (χ1n) is 6.91. The number of hydrogen-bond donors (Lipinski definition) is 1. The lowest BCUT2D eigenvalue weighted by atomic mass is 10.1. The molecule has 0 aliphatic heterocycles. The number of rotatable bonds is 4. The van der Waals surface area contributed by atoms with Gasteiger partial charge in [0.2, 0.25) is 5.28 Å². The van der Waals surface area contributed by atoms with Crippen molar-refractivity contribution in [3.05, 3.63) is 51.6 Å². The number of benzene rings is 1. The van der Waals surface area contributed by atoms with Gasteiger partial charge in [0, 0.05) is 11.4 Å². The molecule has 0 spiro atoms. The molecule has 5 heteroatoms. The molecule has 1 N–H and O–H groups in total. The zero-order chi connectivity index (χ0) is 14.8. The molecule has 108 valence electrons. The van der Waals surface area contributed by atoms with Crippen LogP contribution in [0.3, 0.4) is 0 Å². The fraction of sp³-hybridized carbons (Fsp3) is 0.250. The van der Waals surface area contributed by atoms with Crippen LogP contribution in [0.5, 0.6) is 0 Å². The van der Waals surface area contributed by atoms with E-state index in [1.165, 1.54) is 16.0 Å². The fourth-order valence-electron chi connectivity index (χ4n) is 2.26. The molecule has 0 radical (unpaired) electrons. The lowest BCUT2D eigenvalue weighted by Gasteiger charge is -2.07. The van der Waals surface area contributed by atoms with E-state index in [1.807, 2.05) is 0 Å². The van der Waals surface area contributed by atoms with Crippen molar-refractivity contribution in [2.24, 2.45) is 0 Å². The Kier molecular flexibility index (Phi) is 4.08. The molecule has 0 aliphatic carbocycles. The van der Waals surface area contributed by atoms with Crippen molar-refractivity contribution >= 4 is 39.0 Å². The number of thiophene rings is 1. The summed E-state index contributed by atoms with van der Waals surface area (Å²) in [6, 6.07) is 10.6. The van der Waals surface area contributed by atoms with Gasteiger partial charge in [0.15, 0.2) is 0 Å². The minimum atomic E-state index is 0.291. The maximum absolute atomic E-state index is 6.03. The summed E-state index contributed by atoms with van der Waals surface area (Å²) in [7, 11) is 0. The third-order valence-corrected chi connectivity index (χ3v) is 4.65. The SMILES string of the molecule is CCc1cc2c(NCc3cccc(C)c3)nc(Cl)nc2s1. The largest absolute Gasteiger partial charge is 0.365 e. The number of nitrogens with zero attached hydrogens (tertiary/aromatic N) is 2. The van der Waals surface area contributed by atoms with Gasteiger partial charge in [-0.05, 0) is 36.6 Å². The molecule has 0 atom stereocenters.